The largest absolute Gasteiger partial charge is 0.494 e. The second-order valence-corrected chi connectivity index (χ2v) is 5.53. The van der Waals surface area contributed by atoms with Gasteiger partial charge in [0.2, 0.25) is 0 Å². The average Bonchev–Trinajstić information content (AvgIpc) is 2.95. The lowest BCUT2D eigenvalue weighted by Gasteiger charge is -2.10. The molecule has 0 aliphatic heterocycles. The summed E-state index contributed by atoms with van der Waals surface area (Å²) in [6.07, 6.45) is 1.24. The second kappa shape index (κ2) is 7.15. The molecule has 0 aliphatic carbocycles. The fraction of sp³-hybridized carbons (Fsp3) is 0.278. The zero-order chi connectivity index (χ0) is 16.1. The van der Waals surface area contributed by atoms with Gasteiger partial charge in [-0.25, -0.2) is 0 Å². The molecule has 1 aromatic heterocycles. The number of aromatic nitrogens is 1. The van der Waals surface area contributed by atoms with Gasteiger partial charge in [0.1, 0.15) is 17.0 Å². The van der Waals surface area contributed by atoms with E-state index in [1.807, 2.05) is 48.5 Å². The first-order valence-electron chi connectivity index (χ1n) is 7.62. The monoisotopic (exact) mass is 312 g/mol. The van der Waals surface area contributed by atoms with Crippen molar-refractivity contribution in [3.05, 3.63) is 48.5 Å². The Hall–Kier alpha value is -2.53. The van der Waals surface area contributed by atoms with Crippen molar-refractivity contribution in [3.63, 3.8) is 0 Å². The molecule has 0 aliphatic rings. The summed E-state index contributed by atoms with van der Waals surface area (Å²) < 4.78 is 16.9. The van der Waals surface area contributed by atoms with Crippen LogP contribution in [0.4, 0.5) is 0 Å². The molecule has 0 spiro atoms. The van der Waals surface area contributed by atoms with Gasteiger partial charge in [-0.05, 0) is 56.9 Å². The summed E-state index contributed by atoms with van der Waals surface area (Å²) >= 11 is 0. The number of benzene rings is 2. The number of hydrogen-bond donors (Lipinski definition) is 0. The van der Waals surface area contributed by atoms with Crippen LogP contribution < -0.4 is 9.47 Å². The van der Waals surface area contributed by atoms with Crippen LogP contribution in [-0.2, 0) is 0 Å². The Balaban J connectivity index is 1.56. The SMILES string of the molecule is CN(C)CCCOc1ccc(Oc2nc3ccccc3o2)cc1. The molecule has 1 heterocycles. The van der Waals surface area contributed by atoms with Crippen molar-refractivity contribution in [2.75, 3.05) is 27.2 Å². The number of rotatable bonds is 7. The van der Waals surface area contributed by atoms with Crippen molar-refractivity contribution in [3.8, 4) is 17.6 Å². The molecule has 0 radical (unpaired) electrons. The standard InChI is InChI=1S/C18H20N2O3/c1-20(2)12-5-13-21-14-8-10-15(11-9-14)22-18-19-16-6-3-4-7-17(16)23-18/h3-4,6-11H,5,12-13H2,1-2H3. The Morgan fingerprint density at radius 3 is 2.48 bits per heavy atom. The molecule has 120 valence electrons. The molecule has 23 heavy (non-hydrogen) atoms. The topological polar surface area (TPSA) is 47.7 Å². The summed E-state index contributed by atoms with van der Waals surface area (Å²) in [7, 11) is 4.11. The van der Waals surface area contributed by atoms with Crippen molar-refractivity contribution in [1.82, 2.24) is 9.88 Å². The fourth-order valence-electron chi connectivity index (χ4n) is 2.17. The zero-order valence-corrected chi connectivity index (χ0v) is 13.4. The fourth-order valence-corrected chi connectivity index (χ4v) is 2.17. The molecule has 5 heteroatoms. The number of oxazole rings is 1. The van der Waals surface area contributed by atoms with E-state index in [9.17, 15) is 0 Å². The molecule has 0 saturated heterocycles. The normalized spacial score (nSPS) is 11.1. The van der Waals surface area contributed by atoms with Gasteiger partial charge in [-0.15, -0.1) is 0 Å². The molecule has 0 atom stereocenters. The highest BCUT2D eigenvalue weighted by Crippen LogP contribution is 2.26. The average molecular weight is 312 g/mol. The van der Waals surface area contributed by atoms with Crippen molar-refractivity contribution in [2.45, 2.75) is 6.42 Å². The van der Waals surface area contributed by atoms with Gasteiger partial charge in [-0.1, -0.05) is 12.1 Å². The van der Waals surface area contributed by atoms with E-state index in [-0.39, 0.29) is 6.08 Å². The van der Waals surface area contributed by atoms with E-state index in [0.717, 1.165) is 24.2 Å². The van der Waals surface area contributed by atoms with Gasteiger partial charge < -0.3 is 18.8 Å². The van der Waals surface area contributed by atoms with E-state index < -0.39 is 0 Å². The molecule has 0 fully saturated rings. The first-order valence-corrected chi connectivity index (χ1v) is 7.62. The maximum absolute atomic E-state index is 5.69. The van der Waals surface area contributed by atoms with E-state index in [0.29, 0.717) is 17.9 Å². The first-order chi connectivity index (χ1) is 11.2. The van der Waals surface area contributed by atoms with Crippen LogP contribution in [0.25, 0.3) is 11.1 Å². The van der Waals surface area contributed by atoms with Crippen molar-refractivity contribution < 1.29 is 13.9 Å². The minimum atomic E-state index is 0.242. The minimum Gasteiger partial charge on any atom is -0.494 e. The maximum atomic E-state index is 5.69. The third-order valence-electron chi connectivity index (χ3n) is 3.32. The number of para-hydroxylation sites is 2. The molecular weight excluding hydrogens is 292 g/mol. The van der Waals surface area contributed by atoms with E-state index in [1.165, 1.54) is 0 Å². The third kappa shape index (κ3) is 4.23. The van der Waals surface area contributed by atoms with Gasteiger partial charge in [0.25, 0.3) is 0 Å². The van der Waals surface area contributed by atoms with Crippen molar-refractivity contribution in [1.29, 1.82) is 0 Å². The predicted molar refractivity (Wildman–Crippen MR) is 89.2 cm³/mol. The third-order valence-corrected chi connectivity index (χ3v) is 3.32. The summed E-state index contributed by atoms with van der Waals surface area (Å²) in [5.74, 6) is 1.49. The smallest absolute Gasteiger partial charge is 0.400 e. The Morgan fingerprint density at radius 2 is 1.74 bits per heavy atom. The Labute approximate surface area is 135 Å². The molecule has 0 bridgehead atoms. The van der Waals surface area contributed by atoms with Crippen molar-refractivity contribution >= 4 is 11.1 Å². The van der Waals surface area contributed by atoms with Gasteiger partial charge in [0.05, 0.1) is 6.61 Å². The van der Waals surface area contributed by atoms with Crippen LogP contribution in [0.2, 0.25) is 0 Å². The second-order valence-electron chi connectivity index (χ2n) is 5.53. The van der Waals surface area contributed by atoms with Gasteiger partial charge in [0.15, 0.2) is 5.58 Å². The Morgan fingerprint density at radius 1 is 1.00 bits per heavy atom. The molecular formula is C18H20N2O3. The number of ether oxygens (including phenoxy) is 2. The van der Waals surface area contributed by atoms with Crippen LogP contribution in [0.3, 0.4) is 0 Å². The lowest BCUT2D eigenvalue weighted by molar-refractivity contribution is 0.281. The lowest BCUT2D eigenvalue weighted by atomic mass is 10.3. The van der Waals surface area contributed by atoms with E-state index >= 15 is 0 Å². The van der Waals surface area contributed by atoms with E-state index in [4.69, 9.17) is 13.9 Å². The maximum Gasteiger partial charge on any atom is 0.400 e. The Kier molecular flexibility index (Phi) is 4.78. The van der Waals surface area contributed by atoms with E-state index in [1.54, 1.807) is 0 Å². The van der Waals surface area contributed by atoms with Crippen LogP contribution in [0, 0.1) is 0 Å². The highest BCUT2D eigenvalue weighted by atomic mass is 16.6. The van der Waals surface area contributed by atoms with Crippen LogP contribution in [0.1, 0.15) is 6.42 Å². The summed E-state index contributed by atoms with van der Waals surface area (Å²) in [4.78, 5) is 6.42. The molecule has 5 nitrogen and oxygen atoms in total. The summed E-state index contributed by atoms with van der Waals surface area (Å²) in [5, 5.41) is 0. The molecule has 0 unspecified atom stereocenters. The number of hydrogen-bond acceptors (Lipinski definition) is 5. The molecule has 3 rings (SSSR count). The number of nitrogens with zero attached hydrogens (tertiary/aromatic N) is 2. The molecule has 2 aromatic carbocycles. The van der Waals surface area contributed by atoms with Gasteiger partial charge in [0, 0.05) is 6.54 Å². The van der Waals surface area contributed by atoms with Crippen LogP contribution >= 0.6 is 0 Å². The predicted octanol–water partition coefficient (Wildman–Crippen LogP) is 3.95. The molecule has 0 N–H and O–H groups in total. The molecule has 0 amide bonds. The van der Waals surface area contributed by atoms with Gasteiger partial charge in [-0.2, -0.15) is 4.98 Å². The first kappa shape index (κ1) is 15.4. The van der Waals surface area contributed by atoms with E-state index in [2.05, 4.69) is 24.0 Å². The molecule has 0 saturated carbocycles. The quantitative estimate of drug-likeness (QED) is 0.618. The highest BCUT2D eigenvalue weighted by Gasteiger charge is 2.07. The van der Waals surface area contributed by atoms with Gasteiger partial charge >= 0.3 is 6.08 Å². The van der Waals surface area contributed by atoms with Crippen LogP contribution in [0.15, 0.2) is 52.9 Å². The van der Waals surface area contributed by atoms with Gasteiger partial charge in [-0.3, -0.25) is 0 Å². The van der Waals surface area contributed by atoms with Crippen molar-refractivity contribution in [2.24, 2.45) is 0 Å². The van der Waals surface area contributed by atoms with Crippen LogP contribution in [0.5, 0.6) is 17.6 Å². The summed E-state index contributed by atoms with van der Waals surface area (Å²) in [6, 6.07) is 15.0. The summed E-state index contributed by atoms with van der Waals surface area (Å²) in [5.41, 5.74) is 1.49. The zero-order valence-electron chi connectivity index (χ0n) is 13.4. The number of fused-ring (bicyclic) bond motifs is 1. The Bertz CT molecular complexity index is 717. The highest BCUT2D eigenvalue weighted by molar-refractivity contribution is 5.72. The summed E-state index contributed by atoms with van der Waals surface area (Å²) in [6.45, 7) is 1.71. The lowest BCUT2D eigenvalue weighted by Crippen LogP contribution is -2.15. The minimum absolute atomic E-state index is 0.242. The molecule has 3 aromatic rings. The van der Waals surface area contributed by atoms with Crippen LogP contribution in [-0.4, -0.2) is 37.1 Å².